The van der Waals surface area contributed by atoms with Crippen LogP contribution >= 0.6 is 0 Å². The van der Waals surface area contributed by atoms with Gasteiger partial charge < -0.3 is 15.2 Å². The predicted octanol–water partition coefficient (Wildman–Crippen LogP) is 1.51. The molecule has 0 bridgehead atoms. The largest absolute Gasteiger partial charge is 0.491 e. The third-order valence-electron chi connectivity index (χ3n) is 3.39. The summed E-state index contributed by atoms with van der Waals surface area (Å²) >= 11 is 0. The van der Waals surface area contributed by atoms with Gasteiger partial charge in [-0.25, -0.2) is 0 Å². The Labute approximate surface area is 113 Å². The van der Waals surface area contributed by atoms with Crippen LogP contribution in [0.2, 0.25) is 0 Å². The fourth-order valence-electron chi connectivity index (χ4n) is 1.99. The van der Waals surface area contributed by atoms with Gasteiger partial charge in [-0.2, -0.15) is 0 Å². The van der Waals surface area contributed by atoms with Crippen LogP contribution < -0.4 is 10.1 Å². The van der Waals surface area contributed by atoms with E-state index in [1.807, 2.05) is 31.2 Å². The van der Waals surface area contributed by atoms with E-state index in [9.17, 15) is 9.90 Å². The van der Waals surface area contributed by atoms with Gasteiger partial charge in [0.15, 0.2) is 0 Å². The Morgan fingerprint density at radius 1 is 1.58 bits per heavy atom. The third kappa shape index (κ3) is 4.24. The molecular formula is C15H21NO3. The number of hydrogen-bond acceptors (Lipinski definition) is 3. The number of hydrogen-bond donors (Lipinski definition) is 2. The van der Waals surface area contributed by atoms with Crippen LogP contribution in [0.4, 0.5) is 0 Å². The zero-order valence-electron chi connectivity index (χ0n) is 11.4. The predicted molar refractivity (Wildman–Crippen MR) is 73.0 cm³/mol. The molecule has 1 fully saturated rings. The van der Waals surface area contributed by atoms with E-state index in [-0.39, 0.29) is 25.0 Å². The summed E-state index contributed by atoms with van der Waals surface area (Å²) in [6.45, 7) is 4.47. The van der Waals surface area contributed by atoms with Crippen LogP contribution in [-0.2, 0) is 4.79 Å². The van der Waals surface area contributed by atoms with E-state index in [0.29, 0.717) is 5.92 Å². The molecule has 0 spiro atoms. The molecule has 19 heavy (non-hydrogen) atoms. The SMILES string of the molecule is Cc1cccc(OCC(O)CNC(=O)C2CC2C)c1. The molecule has 3 atom stereocenters. The van der Waals surface area contributed by atoms with E-state index in [1.54, 1.807) is 0 Å². The second kappa shape index (κ2) is 6.06. The molecule has 1 aromatic rings. The van der Waals surface area contributed by atoms with Crippen molar-refractivity contribution in [2.75, 3.05) is 13.2 Å². The van der Waals surface area contributed by atoms with Crippen molar-refractivity contribution in [1.82, 2.24) is 5.32 Å². The maximum absolute atomic E-state index is 11.6. The number of nitrogens with one attached hydrogen (secondary N) is 1. The second-order valence-corrected chi connectivity index (χ2v) is 5.35. The number of ether oxygens (including phenoxy) is 1. The van der Waals surface area contributed by atoms with Crippen LogP contribution in [0.25, 0.3) is 0 Å². The van der Waals surface area contributed by atoms with Gasteiger partial charge in [0.2, 0.25) is 5.91 Å². The second-order valence-electron chi connectivity index (χ2n) is 5.35. The number of amides is 1. The highest BCUT2D eigenvalue weighted by molar-refractivity contribution is 5.81. The number of aryl methyl sites for hydroxylation is 1. The van der Waals surface area contributed by atoms with Gasteiger partial charge in [0.05, 0.1) is 0 Å². The quantitative estimate of drug-likeness (QED) is 0.818. The molecule has 1 aromatic carbocycles. The highest BCUT2D eigenvalue weighted by Gasteiger charge is 2.38. The average Bonchev–Trinajstić information content (AvgIpc) is 3.11. The molecule has 1 amide bonds. The van der Waals surface area contributed by atoms with Gasteiger partial charge in [-0.3, -0.25) is 4.79 Å². The number of aliphatic hydroxyl groups is 1. The molecule has 2 N–H and O–H groups in total. The van der Waals surface area contributed by atoms with Gasteiger partial charge in [-0.15, -0.1) is 0 Å². The van der Waals surface area contributed by atoms with Crippen LogP contribution in [0.3, 0.4) is 0 Å². The lowest BCUT2D eigenvalue weighted by atomic mass is 10.2. The van der Waals surface area contributed by atoms with E-state index in [1.165, 1.54) is 0 Å². The van der Waals surface area contributed by atoms with E-state index >= 15 is 0 Å². The summed E-state index contributed by atoms with van der Waals surface area (Å²) in [5.41, 5.74) is 1.11. The van der Waals surface area contributed by atoms with Gasteiger partial charge in [-0.05, 0) is 37.0 Å². The summed E-state index contributed by atoms with van der Waals surface area (Å²) in [4.78, 5) is 11.6. The fourth-order valence-corrected chi connectivity index (χ4v) is 1.99. The maximum atomic E-state index is 11.6. The summed E-state index contributed by atoms with van der Waals surface area (Å²) in [7, 11) is 0. The Bertz CT molecular complexity index is 447. The first-order valence-electron chi connectivity index (χ1n) is 6.71. The first kappa shape index (κ1) is 13.9. The lowest BCUT2D eigenvalue weighted by molar-refractivity contribution is -0.123. The lowest BCUT2D eigenvalue weighted by Gasteiger charge is -2.13. The Hall–Kier alpha value is -1.55. The number of carbonyl (C=O) groups is 1. The van der Waals surface area contributed by atoms with E-state index in [0.717, 1.165) is 17.7 Å². The minimum atomic E-state index is -0.682. The van der Waals surface area contributed by atoms with Crippen molar-refractivity contribution in [1.29, 1.82) is 0 Å². The lowest BCUT2D eigenvalue weighted by Crippen LogP contribution is -2.36. The van der Waals surface area contributed by atoms with Gasteiger partial charge in [0.1, 0.15) is 18.5 Å². The molecule has 2 rings (SSSR count). The summed E-state index contributed by atoms with van der Waals surface area (Å²) < 4.78 is 5.48. The molecule has 4 heteroatoms. The van der Waals surface area contributed by atoms with Crippen molar-refractivity contribution >= 4 is 5.91 Å². The molecule has 0 aliphatic heterocycles. The van der Waals surface area contributed by atoms with E-state index < -0.39 is 6.10 Å². The molecular weight excluding hydrogens is 242 g/mol. The Morgan fingerprint density at radius 2 is 2.32 bits per heavy atom. The van der Waals surface area contributed by atoms with Crippen molar-refractivity contribution in [3.05, 3.63) is 29.8 Å². The highest BCUT2D eigenvalue weighted by Crippen LogP contribution is 2.37. The van der Waals surface area contributed by atoms with Gasteiger partial charge in [-0.1, -0.05) is 19.1 Å². The molecule has 1 aliphatic carbocycles. The van der Waals surface area contributed by atoms with Crippen LogP contribution in [0, 0.1) is 18.8 Å². The fraction of sp³-hybridized carbons (Fsp3) is 0.533. The summed E-state index contributed by atoms with van der Waals surface area (Å²) in [6, 6.07) is 7.66. The first-order valence-corrected chi connectivity index (χ1v) is 6.71. The Balaban J connectivity index is 1.67. The first-order chi connectivity index (χ1) is 9.06. The van der Waals surface area contributed by atoms with Crippen molar-refractivity contribution in [3.63, 3.8) is 0 Å². The molecule has 0 heterocycles. The van der Waals surface area contributed by atoms with Crippen LogP contribution in [0.1, 0.15) is 18.9 Å². The summed E-state index contributed by atoms with van der Waals surface area (Å²) in [5.74, 6) is 1.41. The molecule has 0 aromatic heterocycles. The standard InChI is InChI=1S/C15H21NO3/c1-10-4-3-5-13(6-10)19-9-12(17)8-16-15(18)14-7-11(14)2/h3-6,11-12,14,17H,7-9H2,1-2H3,(H,16,18). The molecule has 1 saturated carbocycles. The average molecular weight is 263 g/mol. The highest BCUT2D eigenvalue weighted by atomic mass is 16.5. The zero-order chi connectivity index (χ0) is 13.8. The van der Waals surface area contributed by atoms with Crippen LogP contribution in [0.15, 0.2) is 24.3 Å². The Kier molecular flexibility index (Phi) is 4.43. The zero-order valence-corrected chi connectivity index (χ0v) is 11.4. The summed E-state index contributed by atoms with van der Waals surface area (Å²) in [6.07, 6.45) is 0.278. The summed E-state index contributed by atoms with van der Waals surface area (Å²) in [5, 5.41) is 12.5. The molecule has 4 nitrogen and oxygen atoms in total. The normalized spacial score (nSPS) is 22.7. The number of rotatable bonds is 6. The van der Waals surface area contributed by atoms with E-state index in [2.05, 4.69) is 12.2 Å². The third-order valence-corrected chi connectivity index (χ3v) is 3.39. The minimum absolute atomic E-state index is 0.0436. The molecule has 1 aliphatic rings. The smallest absolute Gasteiger partial charge is 0.223 e. The monoisotopic (exact) mass is 263 g/mol. The van der Waals surface area contributed by atoms with Crippen LogP contribution in [0.5, 0.6) is 5.75 Å². The topological polar surface area (TPSA) is 58.6 Å². The minimum Gasteiger partial charge on any atom is -0.491 e. The van der Waals surface area contributed by atoms with Crippen LogP contribution in [-0.4, -0.2) is 30.3 Å². The molecule has 3 unspecified atom stereocenters. The molecule has 0 saturated heterocycles. The number of aliphatic hydroxyl groups excluding tert-OH is 1. The van der Waals surface area contributed by atoms with Gasteiger partial charge in [0.25, 0.3) is 0 Å². The van der Waals surface area contributed by atoms with Gasteiger partial charge >= 0.3 is 0 Å². The van der Waals surface area contributed by atoms with Crippen molar-refractivity contribution < 1.29 is 14.6 Å². The number of carbonyl (C=O) groups excluding carboxylic acids is 1. The Morgan fingerprint density at radius 3 is 2.95 bits per heavy atom. The van der Waals surface area contributed by atoms with Crippen molar-refractivity contribution in [2.45, 2.75) is 26.4 Å². The van der Waals surface area contributed by atoms with E-state index in [4.69, 9.17) is 4.74 Å². The van der Waals surface area contributed by atoms with Gasteiger partial charge in [0, 0.05) is 12.5 Å². The molecule has 0 radical (unpaired) electrons. The number of benzene rings is 1. The molecule has 104 valence electrons. The van der Waals surface area contributed by atoms with Crippen molar-refractivity contribution in [3.8, 4) is 5.75 Å². The van der Waals surface area contributed by atoms with Crippen molar-refractivity contribution in [2.24, 2.45) is 11.8 Å². The maximum Gasteiger partial charge on any atom is 0.223 e.